The van der Waals surface area contributed by atoms with Crippen molar-refractivity contribution in [1.82, 2.24) is 4.90 Å². The first-order valence-electron chi connectivity index (χ1n) is 9.49. The molecule has 0 bridgehead atoms. The molecule has 1 heterocycles. The first kappa shape index (κ1) is 20.1. The van der Waals surface area contributed by atoms with E-state index in [0.717, 1.165) is 31.2 Å². The van der Waals surface area contributed by atoms with Gasteiger partial charge < -0.3 is 4.74 Å². The molecule has 0 aromatic heterocycles. The molecule has 1 saturated heterocycles. The zero-order valence-electron chi connectivity index (χ0n) is 15.8. The number of hydrogen-bond acceptors (Lipinski definition) is 5. The lowest BCUT2D eigenvalue weighted by atomic mass is 9.98. The fraction of sp³-hybridized carbons (Fsp3) is 0.476. The summed E-state index contributed by atoms with van der Waals surface area (Å²) < 4.78 is 5.93. The van der Waals surface area contributed by atoms with Gasteiger partial charge in [0.05, 0.1) is 4.91 Å². The highest BCUT2D eigenvalue weighted by Crippen LogP contribution is 2.33. The minimum atomic E-state index is -0.374. The van der Waals surface area contributed by atoms with E-state index in [1.54, 1.807) is 0 Å². The molecule has 1 aliphatic heterocycles. The van der Waals surface area contributed by atoms with Gasteiger partial charge in [0, 0.05) is 0 Å². The SMILES string of the molecule is CC(C)c1ccc(C=C2SC(=S)N(CC(=O)OC3CCCCC3)C2=O)cc1. The Labute approximate surface area is 170 Å². The molecule has 0 radical (unpaired) electrons. The van der Waals surface area contributed by atoms with Gasteiger partial charge in [0.15, 0.2) is 0 Å². The molecule has 1 aromatic carbocycles. The summed E-state index contributed by atoms with van der Waals surface area (Å²) >= 11 is 6.54. The van der Waals surface area contributed by atoms with Gasteiger partial charge >= 0.3 is 5.97 Å². The summed E-state index contributed by atoms with van der Waals surface area (Å²) in [5.41, 5.74) is 2.20. The van der Waals surface area contributed by atoms with E-state index in [4.69, 9.17) is 17.0 Å². The van der Waals surface area contributed by atoms with Crippen molar-refractivity contribution in [3.05, 3.63) is 40.3 Å². The average Bonchev–Trinajstić information content (AvgIpc) is 2.90. The first-order valence-corrected chi connectivity index (χ1v) is 10.7. The summed E-state index contributed by atoms with van der Waals surface area (Å²) in [4.78, 5) is 26.8. The van der Waals surface area contributed by atoms with Crippen molar-refractivity contribution in [1.29, 1.82) is 0 Å². The van der Waals surface area contributed by atoms with Crippen LogP contribution in [-0.2, 0) is 14.3 Å². The molecule has 1 amide bonds. The minimum absolute atomic E-state index is 0.0142. The van der Waals surface area contributed by atoms with Gasteiger partial charge in [-0.1, -0.05) is 68.5 Å². The molecule has 2 fully saturated rings. The van der Waals surface area contributed by atoms with Crippen LogP contribution in [0.2, 0.25) is 0 Å². The van der Waals surface area contributed by atoms with Crippen LogP contribution in [0.15, 0.2) is 29.2 Å². The summed E-state index contributed by atoms with van der Waals surface area (Å²) in [5, 5.41) is 0. The van der Waals surface area contributed by atoms with Gasteiger partial charge in [-0.25, -0.2) is 0 Å². The zero-order chi connectivity index (χ0) is 19.4. The van der Waals surface area contributed by atoms with E-state index in [1.807, 2.05) is 18.2 Å². The van der Waals surface area contributed by atoms with Crippen LogP contribution in [-0.4, -0.2) is 33.7 Å². The Bertz CT molecular complexity index is 749. The third-order valence-corrected chi connectivity index (χ3v) is 6.29. The smallest absolute Gasteiger partial charge is 0.326 e. The van der Waals surface area contributed by atoms with Crippen molar-refractivity contribution in [2.24, 2.45) is 0 Å². The van der Waals surface area contributed by atoms with Gasteiger partial charge in [-0.2, -0.15) is 0 Å². The number of thiocarbonyl (C=S) groups is 1. The van der Waals surface area contributed by atoms with Crippen LogP contribution < -0.4 is 0 Å². The third-order valence-electron chi connectivity index (χ3n) is 4.91. The maximum absolute atomic E-state index is 12.7. The average molecular weight is 404 g/mol. The first-order chi connectivity index (χ1) is 12.9. The summed E-state index contributed by atoms with van der Waals surface area (Å²) in [7, 11) is 0. The topological polar surface area (TPSA) is 46.6 Å². The van der Waals surface area contributed by atoms with Crippen molar-refractivity contribution in [2.75, 3.05) is 6.54 Å². The number of nitrogens with zero attached hydrogens (tertiary/aromatic N) is 1. The molecule has 0 spiro atoms. The number of rotatable bonds is 5. The van der Waals surface area contributed by atoms with Gasteiger partial charge in [-0.05, 0) is 48.8 Å². The molecule has 0 N–H and O–H groups in total. The highest BCUT2D eigenvalue weighted by Gasteiger charge is 2.34. The van der Waals surface area contributed by atoms with Crippen molar-refractivity contribution in [2.45, 2.75) is 58.0 Å². The second kappa shape index (κ2) is 9.02. The summed E-state index contributed by atoms with van der Waals surface area (Å²) in [6.45, 7) is 4.18. The van der Waals surface area contributed by atoms with Crippen molar-refractivity contribution >= 4 is 46.3 Å². The van der Waals surface area contributed by atoms with E-state index in [9.17, 15) is 9.59 Å². The Morgan fingerprint density at radius 2 is 1.93 bits per heavy atom. The van der Waals surface area contributed by atoms with E-state index < -0.39 is 0 Å². The van der Waals surface area contributed by atoms with Crippen LogP contribution in [0.5, 0.6) is 0 Å². The monoisotopic (exact) mass is 403 g/mol. The second-order valence-corrected chi connectivity index (χ2v) is 9.01. The molecule has 3 rings (SSSR count). The van der Waals surface area contributed by atoms with Crippen LogP contribution in [0.3, 0.4) is 0 Å². The van der Waals surface area contributed by atoms with Crippen molar-refractivity contribution < 1.29 is 14.3 Å². The Morgan fingerprint density at radius 1 is 1.26 bits per heavy atom. The Kier molecular flexibility index (Phi) is 6.71. The lowest BCUT2D eigenvalue weighted by Gasteiger charge is -2.23. The highest BCUT2D eigenvalue weighted by atomic mass is 32.2. The molecular formula is C21H25NO3S2. The standard InChI is InChI=1S/C21H25NO3S2/c1-14(2)16-10-8-15(9-11-16)12-18-20(24)22(21(26)27-18)13-19(23)25-17-6-4-3-5-7-17/h8-12,14,17H,3-7,13H2,1-2H3. The van der Waals surface area contributed by atoms with E-state index in [2.05, 4.69) is 26.0 Å². The van der Waals surface area contributed by atoms with Crippen molar-refractivity contribution in [3.8, 4) is 0 Å². The molecule has 0 unspecified atom stereocenters. The maximum Gasteiger partial charge on any atom is 0.326 e. The number of esters is 1. The zero-order valence-corrected chi connectivity index (χ0v) is 17.4. The maximum atomic E-state index is 12.7. The highest BCUT2D eigenvalue weighted by molar-refractivity contribution is 8.26. The van der Waals surface area contributed by atoms with E-state index in [1.165, 1.54) is 28.6 Å². The lowest BCUT2D eigenvalue weighted by Crippen LogP contribution is -2.36. The predicted molar refractivity (Wildman–Crippen MR) is 113 cm³/mol. The molecule has 6 heteroatoms. The molecule has 1 aliphatic carbocycles. The number of amides is 1. The third kappa shape index (κ3) is 5.20. The predicted octanol–water partition coefficient (Wildman–Crippen LogP) is 4.89. The van der Waals surface area contributed by atoms with E-state index >= 15 is 0 Å². The van der Waals surface area contributed by atoms with Gasteiger partial charge in [0.25, 0.3) is 5.91 Å². The molecule has 2 aliphatic rings. The Hall–Kier alpha value is -1.66. The molecular weight excluding hydrogens is 378 g/mol. The largest absolute Gasteiger partial charge is 0.461 e. The fourth-order valence-electron chi connectivity index (χ4n) is 3.30. The van der Waals surface area contributed by atoms with Crippen LogP contribution in [0, 0.1) is 0 Å². The van der Waals surface area contributed by atoms with Gasteiger partial charge in [-0.15, -0.1) is 0 Å². The van der Waals surface area contributed by atoms with E-state index in [-0.39, 0.29) is 24.5 Å². The van der Waals surface area contributed by atoms with Crippen LogP contribution in [0.1, 0.15) is 63.0 Å². The number of thioether (sulfide) groups is 1. The quantitative estimate of drug-likeness (QED) is 0.398. The summed E-state index contributed by atoms with van der Waals surface area (Å²) in [6.07, 6.45) is 7.03. The van der Waals surface area contributed by atoms with Gasteiger partial charge in [0.1, 0.15) is 17.0 Å². The normalized spacial score (nSPS) is 20.0. The van der Waals surface area contributed by atoms with E-state index in [0.29, 0.717) is 15.1 Å². The van der Waals surface area contributed by atoms with Crippen LogP contribution >= 0.6 is 24.0 Å². The Morgan fingerprint density at radius 3 is 2.56 bits per heavy atom. The number of carbonyl (C=O) groups is 2. The number of carbonyl (C=O) groups excluding carboxylic acids is 2. The van der Waals surface area contributed by atoms with Gasteiger partial charge in [0.2, 0.25) is 0 Å². The summed E-state index contributed by atoms with van der Waals surface area (Å²) in [5.74, 6) is -0.133. The molecule has 27 heavy (non-hydrogen) atoms. The number of ether oxygens (including phenoxy) is 1. The molecule has 4 nitrogen and oxygen atoms in total. The molecule has 0 atom stereocenters. The Balaban J connectivity index is 1.62. The summed E-state index contributed by atoms with van der Waals surface area (Å²) in [6, 6.07) is 8.13. The second-order valence-electron chi connectivity index (χ2n) is 7.34. The molecule has 144 valence electrons. The molecule has 1 aromatic rings. The lowest BCUT2D eigenvalue weighted by molar-refractivity contribution is -0.152. The van der Waals surface area contributed by atoms with Gasteiger partial charge in [-0.3, -0.25) is 14.5 Å². The number of benzene rings is 1. The van der Waals surface area contributed by atoms with Crippen molar-refractivity contribution in [3.63, 3.8) is 0 Å². The molecule has 1 saturated carbocycles. The van der Waals surface area contributed by atoms with Crippen LogP contribution in [0.4, 0.5) is 0 Å². The van der Waals surface area contributed by atoms with Crippen LogP contribution in [0.25, 0.3) is 6.08 Å². The fourth-order valence-corrected chi connectivity index (χ4v) is 4.56. The minimum Gasteiger partial charge on any atom is -0.461 e. The number of hydrogen-bond donors (Lipinski definition) is 0.